The van der Waals surface area contributed by atoms with Gasteiger partial charge in [-0.1, -0.05) is 30.1 Å². The second kappa shape index (κ2) is 5.78. The molecule has 17 heavy (non-hydrogen) atoms. The molecule has 0 saturated heterocycles. The van der Waals surface area contributed by atoms with E-state index in [-0.39, 0.29) is 6.04 Å². The molecule has 3 nitrogen and oxygen atoms in total. The Bertz CT molecular complexity index is 487. The van der Waals surface area contributed by atoms with Crippen LogP contribution in [-0.2, 0) is 0 Å². The van der Waals surface area contributed by atoms with Crippen molar-refractivity contribution in [2.24, 2.45) is 0 Å². The quantitative estimate of drug-likeness (QED) is 0.935. The maximum Gasteiger partial charge on any atom is 0.0958 e. The molecule has 2 rings (SSSR count). The normalized spacial score (nSPS) is 12.6. The molecule has 0 saturated carbocycles. The van der Waals surface area contributed by atoms with Crippen LogP contribution >= 0.6 is 34.9 Å². The Balaban J connectivity index is 2.42. The highest BCUT2D eigenvalue weighted by atomic mass is 35.5. The van der Waals surface area contributed by atoms with Crippen molar-refractivity contribution >= 4 is 34.9 Å². The van der Waals surface area contributed by atoms with Gasteiger partial charge in [0.05, 0.1) is 29.7 Å². The highest BCUT2D eigenvalue weighted by Crippen LogP contribution is 2.29. The molecule has 2 aromatic rings. The molecule has 1 atom stereocenters. The van der Waals surface area contributed by atoms with Crippen LogP contribution in [0.3, 0.4) is 0 Å². The maximum absolute atomic E-state index is 6.20. The summed E-state index contributed by atoms with van der Waals surface area (Å²) in [7, 11) is 0. The van der Waals surface area contributed by atoms with Crippen molar-refractivity contribution in [1.29, 1.82) is 0 Å². The predicted molar refractivity (Wildman–Crippen MR) is 71.9 cm³/mol. The Hall–Kier alpha value is -0.680. The van der Waals surface area contributed by atoms with Crippen LogP contribution in [0.25, 0.3) is 0 Å². The van der Waals surface area contributed by atoms with Crippen LogP contribution in [0, 0.1) is 0 Å². The first-order chi connectivity index (χ1) is 8.22. The first-order valence-corrected chi connectivity index (χ1v) is 6.66. The van der Waals surface area contributed by atoms with Gasteiger partial charge in [-0.25, -0.2) is 0 Å². The van der Waals surface area contributed by atoms with Crippen molar-refractivity contribution in [3.05, 3.63) is 45.7 Å². The summed E-state index contributed by atoms with van der Waals surface area (Å²) >= 11 is 13.4. The first-order valence-electron chi connectivity index (χ1n) is 5.18. The number of halogens is 2. The molecule has 1 unspecified atom stereocenters. The van der Waals surface area contributed by atoms with Crippen molar-refractivity contribution in [2.45, 2.75) is 13.0 Å². The number of nitrogens with one attached hydrogen (secondary N) is 1. The highest BCUT2D eigenvalue weighted by molar-refractivity contribution is 6.99. The lowest BCUT2D eigenvalue weighted by Crippen LogP contribution is -2.22. The largest absolute Gasteiger partial charge is 0.305 e. The number of hydrogen-bond donors (Lipinski definition) is 1. The van der Waals surface area contributed by atoms with E-state index in [2.05, 4.69) is 14.1 Å². The molecule has 1 heterocycles. The molecule has 1 aromatic heterocycles. The van der Waals surface area contributed by atoms with Crippen LogP contribution in [0.4, 0.5) is 0 Å². The molecule has 1 aromatic carbocycles. The molecule has 0 amide bonds. The predicted octanol–water partition coefficient (Wildman–Crippen LogP) is 3.54. The van der Waals surface area contributed by atoms with Crippen LogP contribution < -0.4 is 5.32 Å². The monoisotopic (exact) mass is 287 g/mol. The number of hydrogen-bond acceptors (Lipinski definition) is 4. The molecule has 0 aliphatic heterocycles. The topological polar surface area (TPSA) is 37.8 Å². The summed E-state index contributed by atoms with van der Waals surface area (Å²) in [6.07, 6.45) is 1.75. The summed E-state index contributed by atoms with van der Waals surface area (Å²) in [5, 5.41) is 4.67. The van der Waals surface area contributed by atoms with Crippen molar-refractivity contribution in [3.8, 4) is 0 Å². The van der Waals surface area contributed by atoms with E-state index in [1.165, 1.54) is 11.7 Å². The molecular weight excluding hydrogens is 277 g/mol. The molecule has 0 fully saturated rings. The summed E-state index contributed by atoms with van der Waals surface area (Å²) in [6.45, 7) is 2.84. The van der Waals surface area contributed by atoms with Gasteiger partial charge in [-0.2, -0.15) is 8.75 Å². The molecule has 0 spiro atoms. The average Bonchev–Trinajstić information content (AvgIpc) is 2.83. The van der Waals surface area contributed by atoms with E-state index in [1.807, 2.05) is 13.0 Å². The fourth-order valence-electron chi connectivity index (χ4n) is 1.61. The maximum atomic E-state index is 6.20. The SMILES string of the molecule is CCNC(c1cnsn1)c1cc(Cl)ccc1Cl. The number of aromatic nitrogens is 2. The van der Waals surface area contributed by atoms with Gasteiger partial charge in [0, 0.05) is 10.0 Å². The van der Waals surface area contributed by atoms with Gasteiger partial charge in [0.2, 0.25) is 0 Å². The van der Waals surface area contributed by atoms with E-state index in [0.29, 0.717) is 10.0 Å². The zero-order valence-corrected chi connectivity index (χ0v) is 11.5. The molecule has 1 N–H and O–H groups in total. The van der Waals surface area contributed by atoms with Crippen molar-refractivity contribution in [3.63, 3.8) is 0 Å². The minimum Gasteiger partial charge on any atom is -0.305 e. The molecular formula is C11H11Cl2N3S. The summed E-state index contributed by atoms with van der Waals surface area (Å²) in [6, 6.07) is 5.36. The van der Waals surface area contributed by atoms with Crippen molar-refractivity contribution in [2.75, 3.05) is 6.54 Å². The standard InChI is InChI=1S/C11H11Cl2N3S/c1-2-14-11(10-6-15-17-16-10)8-5-7(12)3-4-9(8)13/h3-6,11,14H,2H2,1H3. The summed E-state index contributed by atoms with van der Waals surface area (Å²) in [5.41, 5.74) is 1.79. The second-order valence-corrected chi connectivity index (χ2v) is 4.89. The van der Waals surface area contributed by atoms with Crippen LogP contribution in [0.15, 0.2) is 24.4 Å². The Kier molecular flexibility index (Phi) is 4.34. The van der Waals surface area contributed by atoms with E-state index in [4.69, 9.17) is 23.2 Å². The van der Waals surface area contributed by atoms with E-state index in [1.54, 1.807) is 18.3 Å². The third-order valence-corrected chi connectivity index (χ3v) is 3.42. The average molecular weight is 288 g/mol. The number of rotatable bonds is 4. The zero-order chi connectivity index (χ0) is 12.3. The van der Waals surface area contributed by atoms with Crippen LogP contribution in [0.2, 0.25) is 10.0 Å². The lowest BCUT2D eigenvalue weighted by atomic mass is 10.0. The van der Waals surface area contributed by atoms with E-state index >= 15 is 0 Å². The molecule has 90 valence electrons. The van der Waals surface area contributed by atoms with E-state index in [0.717, 1.165) is 17.8 Å². The molecule has 6 heteroatoms. The van der Waals surface area contributed by atoms with Gasteiger partial charge in [-0.15, -0.1) is 0 Å². The molecule has 0 aliphatic carbocycles. The number of nitrogens with zero attached hydrogens (tertiary/aromatic N) is 2. The fourth-order valence-corrected chi connectivity index (χ4v) is 2.47. The molecule has 0 aliphatic rings. The Morgan fingerprint density at radius 2 is 2.24 bits per heavy atom. The van der Waals surface area contributed by atoms with Gasteiger partial charge in [-0.3, -0.25) is 0 Å². The Morgan fingerprint density at radius 3 is 2.88 bits per heavy atom. The smallest absolute Gasteiger partial charge is 0.0958 e. The van der Waals surface area contributed by atoms with Crippen LogP contribution in [-0.4, -0.2) is 15.3 Å². The lowest BCUT2D eigenvalue weighted by molar-refractivity contribution is 0.620. The minimum atomic E-state index is -0.0649. The molecule has 0 bridgehead atoms. The van der Waals surface area contributed by atoms with Gasteiger partial charge in [0.25, 0.3) is 0 Å². The second-order valence-electron chi connectivity index (χ2n) is 3.49. The van der Waals surface area contributed by atoms with Crippen molar-refractivity contribution < 1.29 is 0 Å². The Labute approximate surface area is 114 Å². The Morgan fingerprint density at radius 1 is 1.41 bits per heavy atom. The van der Waals surface area contributed by atoms with Crippen molar-refractivity contribution in [1.82, 2.24) is 14.1 Å². The van der Waals surface area contributed by atoms with Gasteiger partial charge >= 0.3 is 0 Å². The van der Waals surface area contributed by atoms with Gasteiger partial charge in [0.15, 0.2) is 0 Å². The van der Waals surface area contributed by atoms with E-state index in [9.17, 15) is 0 Å². The van der Waals surface area contributed by atoms with Gasteiger partial charge < -0.3 is 5.32 Å². The number of benzene rings is 1. The molecule has 0 radical (unpaired) electrons. The van der Waals surface area contributed by atoms with E-state index < -0.39 is 0 Å². The third-order valence-electron chi connectivity index (χ3n) is 2.35. The summed E-state index contributed by atoms with van der Waals surface area (Å²) in [4.78, 5) is 0. The third kappa shape index (κ3) is 2.96. The first kappa shape index (κ1) is 12.8. The highest BCUT2D eigenvalue weighted by Gasteiger charge is 2.18. The van der Waals surface area contributed by atoms with Gasteiger partial charge in [0.1, 0.15) is 0 Å². The zero-order valence-electron chi connectivity index (χ0n) is 9.15. The summed E-state index contributed by atoms with van der Waals surface area (Å²) in [5.74, 6) is 0. The minimum absolute atomic E-state index is 0.0649. The lowest BCUT2D eigenvalue weighted by Gasteiger charge is -2.17. The van der Waals surface area contributed by atoms with Crippen LogP contribution in [0.5, 0.6) is 0 Å². The van der Waals surface area contributed by atoms with Gasteiger partial charge in [-0.05, 0) is 30.3 Å². The van der Waals surface area contributed by atoms with Crippen LogP contribution in [0.1, 0.15) is 24.2 Å². The summed E-state index contributed by atoms with van der Waals surface area (Å²) < 4.78 is 8.27. The fraction of sp³-hybridized carbons (Fsp3) is 0.273.